The van der Waals surface area contributed by atoms with Crippen molar-refractivity contribution in [3.05, 3.63) is 65.1 Å². The van der Waals surface area contributed by atoms with Gasteiger partial charge in [0, 0.05) is 30.5 Å². The van der Waals surface area contributed by atoms with E-state index in [0.717, 1.165) is 17.7 Å². The average Bonchev–Trinajstić information content (AvgIpc) is 3.23. The molecule has 1 aromatic carbocycles. The predicted octanol–water partition coefficient (Wildman–Crippen LogP) is 4.54. The number of piperidine rings is 1. The maximum Gasteiger partial charge on any atom is 0.404 e. The van der Waals surface area contributed by atoms with Crippen LogP contribution in [0.5, 0.6) is 0 Å². The summed E-state index contributed by atoms with van der Waals surface area (Å²) in [6.45, 7) is 4.21. The molecule has 2 aromatic heterocycles. The number of sulfone groups is 1. The number of likely N-dealkylation sites (tertiary alicyclic amines) is 1. The van der Waals surface area contributed by atoms with Crippen molar-refractivity contribution in [3.63, 3.8) is 0 Å². The highest BCUT2D eigenvalue weighted by Gasteiger charge is 2.44. The Morgan fingerprint density at radius 2 is 1.86 bits per heavy atom. The number of nitrogens with one attached hydrogen (secondary N) is 1. The number of fused-ring (bicyclic) bond motifs is 1. The first-order chi connectivity index (χ1) is 17.5. The fraction of sp³-hybridized carbons (Fsp3) is 0.462. The lowest BCUT2D eigenvalue weighted by Gasteiger charge is -2.36. The summed E-state index contributed by atoms with van der Waals surface area (Å²) >= 11 is 0. The second kappa shape index (κ2) is 10.8. The summed E-state index contributed by atoms with van der Waals surface area (Å²) in [5.74, 6) is -0.314. The fourth-order valence-corrected chi connectivity index (χ4v) is 5.68. The minimum absolute atomic E-state index is 0.0156. The van der Waals surface area contributed by atoms with Crippen LogP contribution in [0.3, 0.4) is 0 Å². The minimum atomic E-state index is -4.28. The Labute approximate surface area is 214 Å². The molecule has 0 bridgehead atoms. The second-order valence-corrected chi connectivity index (χ2v) is 11.5. The van der Waals surface area contributed by atoms with E-state index in [4.69, 9.17) is 0 Å². The van der Waals surface area contributed by atoms with E-state index in [0.29, 0.717) is 36.3 Å². The zero-order chi connectivity index (χ0) is 26.8. The van der Waals surface area contributed by atoms with E-state index in [1.165, 1.54) is 17.0 Å². The molecule has 1 amide bonds. The van der Waals surface area contributed by atoms with Crippen LogP contribution >= 0.6 is 0 Å². The smallest absolute Gasteiger partial charge is 0.348 e. The molecule has 3 aromatic rings. The first kappa shape index (κ1) is 27.1. The van der Waals surface area contributed by atoms with Crippen molar-refractivity contribution in [2.24, 2.45) is 0 Å². The van der Waals surface area contributed by atoms with Crippen LogP contribution in [-0.4, -0.2) is 53.1 Å². The maximum absolute atomic E-state index is 13.6. The summed E-state index contributed by atoms with van der Waals surface area (Å²) in [6, 6.07) is 8.20. The molecule has 1 aliphatic heterocycles. The quantitative estimate of drug-likeness (QED) is 0.457. The second-order valence-electron chi connectivity index (χ2n) is 9.26. The van der Waals surface area contributed by atoms with Crippen LogP contribution in [-0.2, 0) is 29.3 Å². The summed E-state index contributed by atoms with van der Waals surface area (Å²) in [6.07, 6.45) is -0.574. The van der Waals surface area contributed by atoms with E-state index in [1.54, 1.807) is 37.4 Å². The number of carbonyl (C=O) groups is 1. The molecule has 200 valence electrons. The predicted molar refractivity (Wildman–Crippen MR) is 134 cm³/mol. The largest absolute Gasteiger partial charge is 0.404 e. The van der Waals surface area contributed by atoms with Crippen molar-refractivity contribution in [1.82, 2.24) is 19.6 Å². The average molecular weight is 537 g/mol. The molecular weight excluding hydrogens is 505 g/mol. The molecule has 11 heteroatoms. The van der Waals surface area contributed by atoms with E-state index in [9.17, 15) is 26.4 Å². The van der Waals surface area contributed by atoms with Crippen LogP contribution in [0.25, 0.3) is 5.65 Å². The first-order valence-electron chi connectivity index (χ1n) is 12.4. The number of pyridine rings is 1. The van der Waals surface area contributed by atoms with Crippen LogP contribution in [0.2, 0.25) is 0 Å². The van der Waals surface area contributed by atoms with Gasteiger partial charge in [-0.3, -0.25) is 9.69 Å². The third-order valence-corrected chi connectivity index (χ3v) is 8.62. The molecular formula is C26H31F3N4O3S. The van der Waals surface area contributed by atoms with Gasteiger partial charge in [-0.25, -0.2) is 13.4 Å². The SMILES string of the molecule is CCc1c(CN2CCCCC2C(F)(F)F)nc2cc(C(=O)NCc3ccc(S(=O)(=O)CC)cc3)ccn12. The molecule has 3 heterocycles. The Morgan fingerprint density at radius 1 is 1.14 bits per heavy atom. The third-order valence-electron chi connectivity index (χ3n) is 6.87. The molecule has 0 saturated carbocycles. The number of amides is 1. The number of imidazole rings is 1. The molecule has 1 N–H and O–H groups in total. The number of alkyl halides is 3. The van der Waals surface area contributed by atoms with Gasteiger partial charge in [-0.15, -0.1) is 0 Å². The number of benzene rings is 1. The van der Waals surface area contributed by atoms with Crippen molar-refractivity contribution in [1.29, 1.82) is 0 Å². The molecule has 0 radical (unpaired) electrons. The standard InChI is InChI=1S/C26H31F3N4O3S/c1-3-22-21(17-32-13-6-5-7-23(32)26(27,28)29)31-24-15-19(12-14-33(22)24)25(34)30-16-18-8-10-20(11-9-18)37(35,36)4-2/h8-12,14-15,23H,3-7,13,16-17H2,1-2H3,(H,30,34). The van der Waals surface area contributed by atoms with E-state index in [2.05, 4.69) is 10.3 Å². The van der Waals surface area contributed by atoms with Gasteiger partial charge in [0.1, 0.15) is 11.7 Å². The minimum Gasteiger partial charge on any atom is -0.348 e. The van der Waals surface area contributed by atoms with Crippen LogP contribution in [0.15, 0.2) is 47.5 Å². The Morgan fingerprint density at radius 3 is 2.51 bits per heavy atom. The number of nitrogens with zero attached hydrogens (tertiary/aromatic N) is 3. The summed E-state index contributed by atoms with van der Waals surface area (Å²) in [5, 5.41) is 2.82. The monoisotopic (exact) mass is 536 g/mol. The van der Waals surface area contributed by atoms with Crippen molar-refractivity contribution >= 4 is 21.4 Å². The van der Waals surface area contributed by atoms with Gasteiger partial charge in [-0.2, -0.15) is 13.2 Å². The van der Waals surface area contributed by atoms with Crippen molar-refractivity contribution in [2.75, 3.05) is 12.3 Å². The van der Waals surface area contributed by atoms with Gasteiger partial charge in [0.25, 0.3) is 5.91 Å². The molecule has 1 unspecified atom stereocenters. The molecule has 1 atom stereocenters. The van der Waals surface area contributed by atoms with Gasteiger partial charge in [0.2, 0.25) is 0 Å². The Bertz CT molecular complexity index is 1370. The van der Waals surface area contributed by atoms with E-state index in [-0.39, 0.29) is 36.1 Å². The number of rotatable bonds is 8. The first-order valence-corrected chi connectivity index (χ1v) is 14.1. The van der Waals surface area contributed by atoms with E-state index < -0.39 is 22.1 Å². The number of carbonyl (C=O) groups excluding carboxylic acids is 1. The molecule has 37 heavy (non-hydrogen) atoms. The lowest BCUT2D eigenvalue weighted by molar-refractivity contribution is -0.192. The molecule has 0 spiro atoms. The number of hydrogen-bond donors (Lipinski definition) is 1. The van der Waals surface area contributed by atoms with Crippen LogP contribution < -0.4 is 5.32 Å². The molecule has 1 saturated heterocycles. The van der Waals surface area contributed by atoms with Crippen molar-refractivity contribution in [2.45, 2.75) is 69.7 Å². The normalized spacial score (nSPS) is 17.3. The fourth-order valence-electron chi connectivity index (χ4n) is 4.80. The zero-order valence-corrected chi connectivity index (χ0v) is 21.7. The van der Waals surface area contributed by atoms with Gasteiger partial charge >= 0.3 is 6.18 Å². The Kier molecular flexibility index (Phi) is 7.94. The van der Waals surface area contributed by atoms with Crippen molar-refractivity contribution in [3.8, 4) is 0 Å². The highest BCUT2D eigenvalue weighted by atomic mass is 32.2. The Hall–Kier alpha value is -2.92. The number of halogens is 3. The molecule has 1 fully saturated rings. The highest BCUT2D eigenvalue weighted by Crippen LogP contribution is 2.33. The molecule has 0 aliphatic carbocycles. The lowest BCUT2D eigenvalue weighted by Crippen LogP contribution is -2.48. The summed E-state index contributed by atoms with van der Waals surface area (Å²) in [4.78, 5) is 19.1. The number of aryl methyl sites for hydroxylation is 1. The Balaban J connectivity index is 1.49. The third kappa shape index (κ3) is 5.98. The van der Waals surface area contributed by atoms with Crippen LogP contribution in [0, 0.1) is 0 Å². The van der Waals surface area contributed by atoms with E-state index in [1.807, 2.05) is 11.3 Å². The van der Waals surface area contributed by atoms with Gasteiger partial charge < -0.3 is 9.72 Å². The van der Waals surface area contributed by atoms with E-state index >= 15 is 0 Å². The molecule has 1 aliphatic rings. The van der Waals surface area contributed by atoms with Gasteiger partial charge in [-0.1, -0.05) is 32.4 Å². The van der Waals surface area contributed by atoms with Gasteiger partial charge in [0.05, 0.1) is 16.3 Å². The molecule has 4 rings (SSSR count). The number of aromatic nitrogens is 2. The summed E-state index contributed by atoms with van der Waals surface area (Å²) in [7, 11) is -3.29. The van der Waals surface area contributed by atoms with Crippen LogP contribution in [0.4, 0.5) is 13.2 Å². The maximum atomic E-state index is 13.6. The molecule has 7 nitrogen and oxygen atoms in total. The van der Waals surface area contributed by atoms with Crippen molar-refractivity contribution < 1.29 is 26.4 Å². The van der Waals surface area contributed by atoms with Crippen LogP contribution in [0.1, 0.15) is 60.4 Å². The number of hydrogen-bond acceptors (Lipinski definition) is 5. The highest BCUT2D eigenvalue weighted by molar-refractivity contribution is 7.91. The summed E-state index contributed by atoms with van der Waals surface area (Å²) in [5.41, 5.74) is 3.06. The summed E-state index contributed by atoms with van der Waals surface area (Å²) < 4.78 is 66.4. The zero-order valence-electron chi connectivity index (χ0n) is 20.9. The van der Waals surface area contributed by atoms with Gasteiger partial charge in [-0.05, 0) is 55.6 Å². The topological polar surface area (TPSA) is 83.8 Å². The van der Waals surface area contributed by atoms with Gasteiger partial charge in [0.15, 0.2) is 9.84 Å². The lowest BCUT2D eigenvalue weighted by atomic mass is 10.0.